The molecule has 1 aromatic rings. The van der Waals surface area contributed by atoms with E-state index >= 15 is 0 Å². The Labute approximate surface area is 130 Å². The summed E-state index contributed by atoms with van der Waals surface area (Å²) in [6, 6.07) is 5.41. The number of hydrogen-bond donors (Lipinski definition) is 1. The molecule has 20 heavy (non-hydrogen) atoms. The molecule has 0 spiro atoms. The van der Waals surface area contributed by atoms with Crippen LogP contribution in [0.1, 0.15) is 41.6 Å². The molecular formula is C16H21Cl2NO. The van der Waals surface area contributed by atoms with Crippen molar-refractivity contribution in [1.82, 2.24) is 5.32 Å². The first-order valence-corrected chi connectivity index (χ1v) is 8.13. The fourth-order valence-corrected chi connectivity index (χ4v) is 3.49. The second kappa shape index (κ2) is 7.33. The van der Waals surface area contributed by atoms with Crippen LogP contribution in [0.15, 0.2) is 18.2 Å². The summed E-state index contributed by atoms with van der Waals surface area (Å²) in [5.41, 5.74) is 1.61. The van der Waals surface area contributed by atoms with Gasteiger partial charge in [-0.15, -0.1) is 11.6 Å². The van der Waals surface area contributed by atoms with Crippen molar-refractivity contribution >= 4 is 29.1 Å². The Morgan fingerprint density at radius 3 is 2.70 bits per heavy atom. The van der Waals surface area contributed by atoms with Crippen molar-refractivity contribution in [2.45, 2.75) is 32.6 Å². The molecule has 2 rings (SSSR count). The summed E-state index contributed by atoms with van der Waals surface area (Å²) >= 11 is 12.0. The Bertz CT molecular complexity index is 476. The normalized spacial score (nSPS) is 22.6. The average Bonchev–Trinajstić information content (AvgIpc) is 2.47. The molecule has 0 saturated heterocycles. The van der Waals surface area contributed by atoms with Crippen LogP contribution >= 0.6 is 23.2 Å². The fourth-order valence-electron chi connectivity index (χ4n) is 2.91. The quantitative estimate of drug-likeness (QED) is 0.819. The predicted octanol–water partition coefficient (Wildman–Crippen LogP) is 4.42. The standard InChI is InChI=1S/C16H21Cl2NO/c1-11-6-7-14(18)8-15(11)16(20)19-10-13-5-3-2-4-12(13)9-17/h6-8,12-13H,2-5,9-10H2,1H3,(H,19,20). The minimum atomic E-state index is -0.0381. The number of rotatable bonds is 4. The van der Waals surface area contributed by atoms with Gasteiger partial charge < -0.3 is 5.32 Å². The van der Waals surface area contributed by atoms with Crippen molar-refractivity contribution in [2.75, 3.05) is 12.4 Å². The van der Waals surface area contributed by atoms with E-state index in [-0.39, 0.29) is 5.91 Å². The summed E-state index contributed by atoms with van der Waals surface area (Å²) in [5, 5.41) is 3.64. The molecule has 1 fully saturated rings. The molecule has 1 aliphatic carbocycles. The first-order chi connectivity index (χ1) is 9.61. The Kier molecular flexibility index (Phi) is 5.74. The van der Waals surface area contributed by atoms with Gasteiger partial charge in [0.05, 0.1) is 0 Å². The molecule has 1 N–H and O–H groups in total. The third-order valence-electron chi connectivity index (χ3n) is 4.23. The Balaban J connectivity index is 1.96. The van der Waals surface area contributed by atoms with E-state index in [0.29, 0.717) is 34.8 Å². The Morgan fingerprint density at radius 1 is 1.30 bits per heavy atom. The molecule has 110 valence electrons. The first-order valence-electron chi connectivity index (χ1n) is 7.22. The average molecular weight is 314 g/mol. The molecule has 1 saturated carbocycles. The van der Waals surface area contributed by atoms with Crippen molar-refractivity contribution in [1.29, 1.82) is 0 Å². The lowest BCUT2D eigenvalue weighted by Gasteiger charge is -2.30. The van der Waals surface area contributed by atoms with Crippen LogP contribution in [0.25, 0.3) is 0 Å². The lowest BCUT2D eigenvalue weighted by Crippen LogP contribution is -2.35. The molecule has 2 unspecified atom stereocenters. The van der Waals surface area contributed by atoms with Gasteiger partial charge in [0, 0.05) is 23.0 Å². The number of benzene rings is 1. The molecule has 4 heteroatoms. The van der Waals surface area contributed by atoms with Gasteiger partial charge in [0.15, 0.2) is 0 Å². The zero-order valence-electron chi connectivity index (χ0n) is 11.8. The highest BCUT2D eigenvalue weighted by Crippen LogP contribution is 2.30. The Hall–Kier alpha value is -0.730. The number of aryl methyl sites for hydroxylation is 1. The number of hydrogen-bond acceptors (Lipinski definition) is 1. The second-order valence-electron chi connectivity index (χ2n) is 5.63. The maximum absolute atomic E-state index is 12.3. The van der Waals surface area contributed by atoms with Crippen LogP contribution < -0.4 is 5.32 Å². The van der Waals surface area contributed by atoms with Gasteiger partial charge in [-0.25, -0.2) is 0 Å². The van der Waals surface area contributed by atoms with Crippen molar-refractivity contribution in [2.24, 2.45) is 11.8 Å². The number of halogens is 2. The molecular weight excluding hydrogens is 293 g/mol. The van der Waals surface area contributed by atoms with E-state index in [1.165, 1.54) is 19.3 Å². The molecule has 0 aliphatic heterocycles. The van der Waals surface area contributed by atoms with Gasteiger partial charge in [-0.05, 0) is 49.3 Å². The lowest BCUT2D eigenvalue weighted by molar-refractivity contribution is 0.0936. The summed E-state index contributed by atoms with van der Waals surface area (Å²) < 4.78 is 0. The van der Waals surface area contributed by atoms with E-state index in [4.69, 9.17) is 23.2 Å². The van der Waals surface area contributed by atoms with E-state index in [1.807, 2.05) is 13.0 Å². The highest BCUT2D eigenvalue weighted by molar-refractivity contribution is 6.31. The van der Waals surface area contributed by atoms with E-state index in [1.54, 1.807) is 12.1 Å². The van der Waals surface area contributed by atoms with Crippen LogP contribution in [0.4, 0.5) is 0 Å². The van der Waals surface area contributed by atoms with Crippen LogP contribution in [0, 0.1) is 18.8 Å². The minimum Gasteiger partial charge on any atom is -0.352 e. The number of carbonyl (C=O) groups excluding carboxylic acids is 1. The zero-order valence-corrected chi connectivity index (χ0v) is 13.3. The molecule has 0 aromatic heterocycles. The molecule has 2 nitrogen and oxygen atoms in total. The summed E-state index contributed by atoms with van der Waals surface area (Å²) in [6.07, 6.45) is 4.84. The van der Waals surface area contributed by atoms with Gasteiger partial charge in [0.25, 0.3) is 5.91 Å². The minimum absolute atomic E-state index is 0.0381. The SMILES string of the molecule is Cc1ccc(Cl)cc1C(=O)NCC1CCCCC1CCl. The molecule has 1 aliphatic rings. The number of alkyl halides is 1. The maximum Gasteiger partial charge on any atom is 0.251 e. The van der Waals surface area contributed by atoms with Crippen LogP contribution in [-0.4, -0.2) is 18.3 Å². The molecule has 0 bridgehead atoms. The molecule has 0 heterocycles. The third-order valence-corrected chi connectivity index (χ3v) is 4.87. The fraction of sp³-hybridized carbons (Fsp3) is 0.562. The Morgan fingerprint density at radius 2 is 2.00 bits per heavy atom. The topological polar surface area (TPSA) is 29.1 Å². The first kappa shape index (κ1) is 15.7. The summed E-state index contributed by atoms with van der Waals surface area (Å²) in [4.78, 5) is 12.3. The van der Waals surface area contributed by atoms with Gasteiger partial charge in [-0.3, -0.25) is 4.79 Å². The number of nitrogens with one attached hydrogen (secondary N) is 1. The number of amides is 1. The highest BCUT2D eigenvalue weighted by Gasteiger charge is 2.24. The van der Waals surface area contributed by atoms with Crippen LogP contribution in [-0.2, 0) is 0 Å². The highest BCUT2D eigenvalue weighted by atomic mass is 35.5. The van der Waals surface area contributed by atoms with E-state index < -0.39 is 0 Å². The van der Waals surface area contributed by atoms with Crippen molar-refractivity contribution in [3.63, 3.8) is 0 Å². The monoisotopic (exact) mass is 313 g/mol. The van der Waals surface area contributed by atoms with Crippen LogP contribution in [0.5, 0.6) is 0 Å². The molecule has 0 radical (unpaired) electrons. The van der Waals surface area contributed by atoms with Crippen molar-refractivity contribution in [3.05, 3.63) is 34.3 Å². The zero-order chi connectivity index (χ0) is 14.5. The lowest BCUT2D eigenvalue weighted by atomic mass is 9.80. The van der Waals surface area contributed by atoms with E-state index in [9.17, 15) is 4.79 Å². The van der Waals surface area contributed by atoms with Gasteiger partial charge in [-0.2, -0.15) is 0 Å². The summed E-state index contributed by atoms with van der Waals surface area (Å²) in [6.45, 7) is 2.63. The maximum atomic E-state index is 12.3. The van der Waals surface area contributed by atoms with E-state index in [0.717, 1.165) is 12.0 Å². The van der Waals surface area contributed by atoms with Gasteiger partial charge in [0.2, 0.25) is 0 Å². The largest absolute Gasteiger partial charge is 0.352 e. The smallest absolute Gasteiger partial charge is 0.251 e. The molecule has 2 atom stereocenters. The summed E-state index contributed by atoms with van der Waals surface area (Å²) in [7, 11) is 0. The third kappa shape index (κ3) is 3.89. The molecule has 1 aromatic carbocycles. The molecule has 1 amide bonds. The number of carbonyl (C=O) groups is 1. The summed E-state index contributed by atoms with van der Waals surface area (Å²) in [5.74, 6) is 1.69. The van der Waals surface area contributed by atoms with Crippen LogP contribution in [0.2, 0.25) is 5.02 Å². The predicted molar refractivity (Wildman–Crippen MR) is 84.7 cm³/mol. The van der Waals surface area contributed by atoms with E-state index in [2.05, 4.69) is 5.32 Å². The van der Waals surface area contributed by atoms with Crippen molar-refractivity contribution in [3.8, 4) is 0 Å². The van der Waals surface area contributed by atoms with Gasteiger partial charge in [-0.1, -0.05) is 30.5 Å². The van der Waals surface area contributed by atoms with Crippen molar-refractivity contribution < 1.29 is 4.79 Å². The van der Waals surface area contributed by atoms with Gasteiger partial charge in [0.1, 0.15) is 0 Å². The second-order valence-corrected chi connectivity index (χ2v) is 6.37. The van der Waals surface area contributed by atoms with Gasteiger partial charge >= 0.3 is 0 Å². The van der Waals surface area contributed by atoms with Crippen LogP contribution in [0.3, 0.4) is 0 Å².